The molecule has 0 aliphatic heterocycles. The van der Waals surface area contributed by atoms with Crippen molar-refractivity contribution in [1.29, 1.82) is 0 Å². The van der Waals surface area contributed by atoms with Gasteiger partial charge in [-0.25, -0.2) is 0 Å². The Labute approximate surface area is 181 Å². The summed E-state index contributed by atoms with van der Waals surface area (Å²) in [5, 5.41) is 3.71. The third-order valence-electron chi connectivity index (χ3n) is 13.0. The minimum atomic E-state index is 0.459. The van der Waals surface area contributed by atoms with E-state index in [0.29, 0.717) is 39.2 Å². The molecule has 166 valence electrons. The van der Waals surface area contributed by atoms with Crippen molar-refractivity contribution in [3.8, 4) is 0 Å². The maximum Gasteiger partial charge on any atom is 0.0118 e. The van der Waals surface area contributed by atoms with Crippen LogP contribution in [-0.4, -0.2) is 38.1 Å². The van der Waals surface area contributed by atoms with Crippen LogP contribution in [0, 0.1) is 44.8 Å². The van der Waals surface area contributed by atoms with Gasteiger partial charge >= 0.3 is 0 Å². The van der Waals surface area contributed by atoms with Gasteiger partial charge in [0.15, 0.2) is 0 Å². The lowest BCUT2D eigenvalue weighted by Gasteiger charge is -2.63. The normalized spacial score (nSPS) is 56.2. The molecule has 0 saturated heterocycles. The van der Waals surface area contributed by atoms with Gasteiger partial charge < -0.3 is 10.2 Å². The minimum Gasteiger partial charge on any atom is -0.316 e. The second-order valence-electron chi connectivity index (χ2n) is 13.6. The monoisotopic (exact) mass is 400 g/mol. The summed E-state index contributed by atoms with van der Waals surface area (Å²) in [6.07, 6.45) is 13.5. The average molecular weight is 401 g/mol. The van der Waals surface area contributed by atoms with E-state index in [9.17, 15) is 0 Å². The molecular formula is C27H48N2. The Balaban J connectivity index is 1.49. The van der Waals surface area contributed by atoms with Crippen LogP contribution in [0.2, 0.25) is 0 Å². The molecule has 2 heteroatoms. The molecule has 0 aromatic rings. The number of hydrogen-bond acceptors (Lipinski definition) is 2. The molecule has 5 aliphatic rings. The number of nitrogens with zero attached hydrogens (tertiary/aromatic N) is 1. The van der Waals surface area contributed by atoms with E-state index in [-0.39, 0.29) is 0 Å². The van der Waals surface area contributed by atoms with Gasteiger partial charge in [-0.3, -0.25) is 0 Å². The Morgan fingerprint density at radius 2 is 1.45 bits per heavy atom. The van der Waals surface area contributed by atoms with E-state index < -0.39 is 0 Å². The van der Waals surface area contributed by atoms with E-state index in [1.54, 1.807) is 6.42 Å². The first-order valence-corrected chi connectivity index (χ1v) is 12.8. The molecule has 2 nitrogen and oxygen atoms in total. The van der Waals surface area contributed by atoms with Crippen molar-refractivity contribution < 1.29 is 0 Å². The molecule has 5 aliphatic carbocycles. The number of hydrogen-bond donors (Lipinski definition) is 1. The molecule has 5 fully saturated rings. The molecule has 9 atom stereocenters. The highest BCUT2D eigenvalue weighted by molar-refractivity contribution is 5.31. The molecule has 0 aromatic heterocycles. The Kier molecular flexibility index (Phi) is 4.33. The predicted molar refractivity (Wildman–Crippen MR) is 123 cm³/mol. The van der Waals surface area contributed by atoms with Crippen molar-refractivity contribution in [3.63, 3.8) is 0 Å². The second-order valence-corrected chi connectivity index (χ2v) is 13.6. The zero-order valence-electron chi connectivity index (χ0n) is 20.7. The zero-order chi connectivity index (χ0) is 21.0. The van der Waals surface area contributed by atoms with E-state index in [1.165, 1.54) is 51.4 Å². The fourth-order valence-electron chi connectivity index (χ4n) is 11.1. The lowest BCUT2D eigenvalue weighted by Crippen LogP contribution is -2.59. The van der Waals surface area contributed by atoms with Crippen LogP contribution < -0.4 is 5.32 Å². The van der Waals surface area contributed by atoms with E-state index in [1.807, 2.05) is 0 Å². The highest BCUT2D eigenvalue weighted by atomic mass is 15.1. The van der Waals surface area contributed by atoms with Crippen LogP contribution in [0.3, 0.4) is 0 Å². The summed E-state index contributed by atoms with van der Waals surface area (Å²) in [5.74, 6) is 2.82. The third-order valence-corrected chi connectivity index (χ3v) is 13.0. The molecule has 5 rings (SSSR count). The van der Waals surface area contributed by atoms with Crippen LogP contribution in [0.25, 0.3) is 0 Å². The van der Waals surface area contributed by atoms with Crippen molar-refractivity contribution in [2.24, 2.45) is 44.8 Å². The van der Waals surface area contributed by atoms with E-state index in [4.69, 9.17) is 0 Å². The molecule has 0 amide bonds. The van der Waals surface area contributed by atoms with Gasteiger partial charge in [0.2, 0.25) is 0 Å². The Hall–Kier alpha value is -0.0800. The van der Waals surface area contributed by atoms with Crippen LogP contribution in [0.4, 0.5) is 0 Å². The molecule has 5 saturated carbocycles. The number of rotatable bonds is 3. The molecule has 0 bridgehead atoms. The smallest absolute Gasteiger partial charge is 0.0118 e. The van der Waals surface area contributed by atoms with Crippen LogP contribution in [-0.2, 0) is 0 Å². The van der Waals surface area contributed by atoms with E-state index in [2.05, 4.69) is 66.0 Å². The van der Waals surface area contributed by atoms with Crippen molar-refractivity contribution in [2.75, 3.05) is 21.1 Å². The van der Waals surface area contributed by atoms with Crippen molar-refractivity contribution in [1.82, 2.24) is 10.2 Å². The standard InChI is InChI=1S/C27H48N2/c1-18(29(7)8)19-11-13-25(5)21-10-9-20-23(2,3)22(28-6)12-14-26(20)17-27(21,26)16-15-24(19,25)4/h18-22,28H,9-17H2,1-8H3/t18-,19?,20-,21-,22-,24+,25-,26+,27-/m0/s1. The molecule has 2 spiro atoms. The summed E-state index contributed by atoms with van der Waals surface area (Å²) < 4.78 is 0. The molecule has 1 N–H and O–H groups in total. The van der Waals surface area contributed by atoms with Crippen molar-refractivity contribution >= 4 is 0 Å². The highest BCUT2D eigenvalue weighted by Crippen LogP contribution is 2.88. The largest absolute Gasteiger partial charge is 0.316 e. The van der Waals surface area contributed by atoms with E-state index >= 15 is 0 Å². The van der Waals surface area contributed by atoms with Gasteiger partial charge in [-0.2, -0.15) is 0 Å². The molecule has 29 heavy (non-hydrogen) atoms. The molecule has 0 heterocycles. The summed E-state index contributed by atoms with van der Waals surface area (Å²) >= 11 is 0. The quantitative estimate of drug-likeness (QED) is 0.628. The summed E-state index contributed by atoms with van der Waals surface area (Å²) in [5.41, 5.74) is 2.97. The fraction of sp³-hybridized carbons (Fsp3) is 1.00. The zero-order valence-corrected chi connectivity index (χ0v) is 20.7. The Bertz CT molecular complexity index is 684. The summed E-state index contributed by atoms with van der Waals surface area (Å²) in [4.78, 5) is 2.50. The van der Waals surface area contributed by atoms with Crippen LogP contribution in [0.15, 0.2) is 0 Å². The van der Waals surface area contributed by atoms with Crippen LogP contribution in [0.5, 0.6) is 0 Å². The van der Waals surface area contributed by atoms with Gasteiger partial charge in [0, 0.05) is 12.1 Å². The minimum absolute atomic E-state index is 0.459. The lowest BCUT2D eigenvalue weighted by molar-refractivity contribution is -0.146. The fourth-order valence-corrected chi connectivity index (χ4v) is 11.1. The van der Waals surface area contributed by atoms with Gasteiger partial charge in [-0.05, 0) is 131 Å². The molecule has 0 aromatic carbocycles. The van der Waals surface area contributed by atoms with Crippen molar-refractivity contribution in [3.05, 3.63) is 0 Å². The van der Waals surface area contributed by atoms with Gasteiger partial charge in [0.1, 0.15) is 0 Å². The van der Waals surface area contributed by atoms with E-state index in [0.717, 1.165) is 17.8 Å². The maximum absolute atomic E-state index is 3.71. The third kappa shape index (κ3) is 2.22. The predicted octanol–water partition coefficient (Wildman–Crippen LogP) is 5.96. The molecule has 1 unspecified atom stereocenters. The lowest BCUT2D eigenvalue weighted by atomic mass is 9.42. The van der Waals surface area contributed by atoms with Crippen LogP contribution >= 0.6 is 0 Å². The SMILES string of the molecule is CN[C@H]1CC[C@]23C[C@]24CC[C@]2(C)C([C@H](C)N(C)C)CC[C@@]2(C)[C@@H]4CC[C@H]3C1(C)C. The summed E-state index contributed by atoms with van der Waals surface area (Å²) in [7, 11) is 6.81. The Morgan fingerprint density at radius 3 is 2.10 bits per heavy atom. The maximum atomic E-state index is 3.71. The summed E-state index contributed by atoms with van der Waals surface area (Å²) in [6, 6.07) is 1.43. The molecule has 0 radical (unpaired) electrons. The van der Waals surface area contributed by atoms with Crippen LogP contribution in [0.1, 0.15) is 92.4 Å². The molecular weight excluding hydrogens is 352 g/mol. The number of fused-ring (bicyclic) bond motifs is 2. The van der Waals surface area contributed by atoms with Gasteiger partial charge in [0.25, 0.3) is 0 Å². The average Bonchev–Trinajstić information content (AvgIpc) is 3.24. The highest BCUT2D eigenvalue weighted by Gasteiger charge is 2.82. The van der Waals surface area contributed by atoms with Gasteiger partial charge in [-0.15, -0.1) is 0 Å². The second kappa shape index (κ2) is 6.03. The Morgan fingerprint density at radius 1 is 0.793 bits per heavy atom. The first-order valence-electron chi connectivity index (χ1n) is 12.8. The topological polar surface area (TPSA) is 15.3 Å². The summed E-state index contributed by atoms with van der Waals surface area (Å²) in [6.45, 7) is 13.2. The first-order chi connectivity index (χ1) is 13.5. The van der Waals surface area contributed by atoms with Crippen molar-refractivity contribution in [2.45, 2.75) is 104 Å². The number of nitrogens with one attached hydrogen (secondary N) is 1. The van der Waals surface area contributed by atoms with Gasteiger partial charge in [0.05, 0.1) is 0 Å². The first kappa shape index (κ1) is 20.8. The van der Waals surface area contributed by atoms with Gasteiger partial charge in [-0.1, -0.05) is 27.7 Å².